The SMILES string of the molecule is CC/C=C\C/C=C\C/C=C\C/C=C\C/C=C\CCCCCCCCCCCCCCCCCCCC(=O)OCC(O)COP(=O)(O)OCC(O)COP(=O)(O)OCC(COC(=O)CCCCCCCCCCCCC/C=C\C/C=C\C/C=C\C/C=C\C/C=C\CC)OC(=O)CCCCCCC/C=C\C/C=C\C/C=C\C/C=C\CCCCC. The maximum absolute atomic E-state index is 13.1. The van der Waals surface area contributed by atoms with Crippen LogP contribution in [-0.2, 0) is 55.8 Å². The molecule has 5 atom stereocenters. The van der Waals surface area contributed by atoms with E-state index < -0.39 is 91.5 Å². The summed E-state index contributed by atoms with van der Waals surface area (Å²) in [5.74, 6) is -1.59. The number of phosphoric ester groups is 2. The molecule has 0 aromatic carbocycles. The van der Waals surface area contributed by atoms with Crippen LogP contribution in [0.2, 0.25) is 0 Å². The standard InChI is InChI=1S/C99H168O16P2/c1-4-7-10-13-16-19-22-25-28-31-34-37-39-41-43-44-45-46-47-48-50-52-53-56-58-61-64-67-70-73-76-79-82-85-97(102)109-88-94(100)89-111-116(105,106)112-90-95(101)91-113-117(107,108)114-93-96(115-99(104)87-84-81-78-75-72-69-66-63-60-55-36-33-30-27-24-21-18-15-12-9-6-3)92-110-98(103)86-83-80-77-74-71-68-65-62-59-57-54-51-49-42-40-38-35-32-29-26-23-20-17-14-11-8-5-2/h7-8,10-11,16-21,25-30,34-38,41-43,49,55,63,66,94-96,100-101H,4-6,9,12-15,22-24,31-33,39-40,44-48,50-54,56-62,64-65,67-93H2,1-3H3,(H,105,106)(H,107,108)/b10-7-,11-8-,19-16-,20-17-,21-18-,28-25-,29-26-,30-27-,37-34-,38-35-,43-41-,49-42-,55-36-,66-63-. The topological polar surface area (TPSA) is 231 Å². The number of phosphoric acid groups is 2. The molecule has 0 aromatic rings. The van der Waals surface area contributed by atoms with Crippen LogP contribution in [0.4, 0.5) is 0 Å². The fourth-order valence-corrected chi connectivity index (χ4v) is 14.0. The molecule has 0 rings (SSSR count). The summed E-state index contributed by atoms with van der Waals surface area (Å²) >= 11 is 0. The number of esters is 3. The fourth-order valence-electron chi connectivity index (χ4n) is 12.4. The number of ether oxygens (including phenoxy) is 3. The molecule has 0 radical (unpaired) electrons. The fraction of sp³-hybridized carbons (Fsp3) is 0.687. The average Bonchev–Trinajstić information content (AvgIpc) is 0.902. The smallest absolute Gasteiger partial charge is 0.463 e. The van der Waals surface area contributed by atoms with E-state index in [1.54, 1.807) is 0 Å². The van der Waals surface area contributed by atoms with Crippen molar-refractivity contribution in [1.82, 2.24) is 0 Å². The Morgan fingerprint density at radius 1 is 0.248 bits per heavy atom. The molecule has 18 heteroatoms. The van der Waals surface area contributed by atoms with E-state index in [1.165, 1.54) is 148 Å². The maximum Gasteiger partial charge on any atom is 0.472 e. The Bertz CT molecular complexity index is 2810. The molecule has 670 valence electrons. The molecule has 0 heterocycles. The van der Waals surface area contributed by atoms with Crippen LogP contribution in [0.25, 0.3) is 0 Å². The molecule has 0 saturated heterocycles. The van der Waals surface area contributed by atoms with Crippen LogP contribution >= 0.6 is 15.6 Å². The number of allylic oxidation sites excluding steroid dienone is 28. The Morgan fingerprint density at radius 3 is 0.718 bits per heavy atom. The largest absolute Gasteiger partial charge is 0.472 e. The van der Waals surface area contributed by atoms with Gasteiger partial charge in [0.2, 0.25) is 0 Å². The molecule has 0 bridgehead atoms. The van der Waals surface area contributed by atoms with Gasteiger partial charge in [-0.25, -0.2) is 9.13 Å². The summed E-state index contributed by atoms with van der Waals surface area (Å²) in [6.45, 7) is 2.45. The van der Waals surface area contributed by atoms with E-state index >= 15 is 0 Å². The summed E-state index contributed by atoms with van der Waals surface area (Å²) in [7, 11) is -9.82. The van der Waals surface area contributed by atoms with Gasteiger partial charge in [0, 0.05) is 19.3 Å². The third kappa shape index (κ3) is 91.5. The molecule has 4 N–H and O–H groups in total. The highest BCUT2D eigenvalue weighted by molar-refractivity contribution is 7.47. The Labute approximate surface area is 713 Å². The molecule has 0 aromatic heterocycles. The molecule has 0 aliphatic heterocycles. The molecule has 5 unspecified atom stereocenters. The van der Waals surface area contributed by atoms with Gasteiger partial charge in [-0.05, 0) is 154 Å². The molecule has 117 heavy (non-hydrogen) atoms. The van der Waals surface area contributed by atoms with Crippen LogP contribution in [0, 0.1) is 0 Å². The lowest BCUT2D eigenvalue weighted by Gasteiger charge is -2.21. The van der Waals surface area contributed by atoms with Crippen molar-refractivity contribution in [3.05, 3.63) is 170 Å². The van der Waals surface area contributed by atoms with Crippen LogP contribution in [0.3, 0.4) is 0 Å². The third-order valence-electron chi connectivity index (χ3n) is 19.4. The van der Waals surface area contributed by atoms with E-state index in [1.807, 2.05) is 0 Å². The minimum atomic E-state index is -4.95. The zero-order valence-electron chi connectivity index (χ0n) is 73.8. The highest BCUT2D eigenvalue weighted by Crippen LogP contribution is 2.45. The first kappa shape index (κ1) is 112. The van der Waals surface area contributed by atoms with Crippen molar-refractivity contribution in [1.29, 1.82) is 0 Å². The summed E-state index contributed by atoms with van der Waals surface area (Å²) in [6.07, 6.45) is 117. The van der Waals surface area contributed by atoms with Gasteiger partial charge in [0.05, 0.1) is 26.4 Å². The zero-order valence-corrected chi connectivity index (χ0v) is 75.6. The van der Waals surface area contributed by atoms with E-state index in [0.29, 0.717) is 19.3 Å². The van der Waals surface area contributed by atoms with Gasteiger partial charge in [-0.3, -0.25) is 32.5 Å². The lowest BCUT2D eigenvalue weighted by atomic mass is 10.0. The molecule has 0 amide bonds. The minimum absolute atomic E-state index is 0.0791. The second kappa shape index (κ2) is 90.2. The highest BCUT2D eigenvalue weighted by Gasteiger charge is 2.29. The van der Waals surface area contributed by atoms with Crippen LogP contribution in [0.15, 0.2) is 170 Å². The van der Waals surface area contributed by atoms with Crippen molar-refractivity contribution in [3.8, 4) is 0 Å². The van der Waals surface area contributed by atoms with Crippen molar-refractivity contribution < 1.29 is 75.8 Å². The third-order valence-corrected chi connectivity index (χ3v) is 21.3. The molecule has 0 aliphatic rings. The first-order chi connectivity index (χ1) is 57.2. The number of carbonyl (C=O) groups excluding carboxylic acids is 3. The number of rotatable bonds is 87. The van der Waals surface area contributed by atoms with E-state index in [4.69, 9.17) is 32.3 Å². The Morgan fingerprint density at radius 2 is 0.453 bits per heavy atom. The van der Waals surface area contributed by atoms with Gasteiger partial charge >= 0.3 is 33.6 Å². The lowest BCUT2D eigenvalue weighted by molar-refractivity contribution is -0.161. The van der Waals surface area contributed by atoms with Crippen molar-refractivity contribution in [2.75, 3.05) is 39.6 Å². The Balaban J connectivity index is 4.57. The van der Waals surface area contributed by atoms with Crippen molar-refractivity contribution in [2.24, 2.45) is 0 Å². The van der Waals surface area contributed by atoms with Gasteiger partial charge in [-0.15, -0.1) is 0 Å². The van der Waals surface area contributed by atoms with E-state index in [9.17, 15) is 43.5 Å². The molecule has 16 nitrogen and oxygen atoms in total. The molecule has 0 aliphatic carbocycles. The van der Waals surface area contributed by atoms with Gasteiger partial charge in [-0.1, -0.05) is 377 Å². The number of hydrogen-bond acceptors (Lipinski definition) is 14. The van der Waals surface area contributed by atoms with E-state index in [-0.39, 0.29) is 19.3 Å². The summed E-state index contributed by atoms with van der Waals surface area (Å²) < 4.78 is 61.5. The number of aliphatic hydroxyl groups is 2. The van der Waals surface area contributed by atoms with Crippen molar-refractivity contribution in [3.63, 3.8) is 0 Å². The van der Waals surface area contributed by atoms with Gasteiger partial charge in [-0.2, -0.15) is 0 Å². The highest BCUT2D eigenvalue weighted by atomic mass is 31.2. The first-order valence-corrected chi connectivity index (χ1v) is 49.4. The summed E-state index contributed by atoms with van der Waals surface area (Å²) in [4.78, 5) is 59.0. The quantitative estimate of drug-likeness (QED) is 0.0146. The van der Waals surface area contributed by atoms with Crippen molar-refractivity contribution in [2.45, 2.75) is 399 Å². The van der Waals surface area contributed by atoms with Crippen LogP contribution < -0.4 is 0 Å². The normalized spacial score (nSPS) is 14.6. The maximum atomic E-state index is 13.1. The van der Waals surface area contributed by atoms with E-state index in [0.717, 1.165) is 173 Å². The average molecular weight is 1680 g/mol. The number of carbonyl (C=O) groups is 3. The Kier molecular flexibility index (Phi) is 86.2. The molecule has 0 fully saturated rings. The van der Waals surface area contributed by atoms with Crippen LogP contribution in [0.1, 0.15) is 380 Å². The lowest BCUT2D eigenvalue weighted by Crippen LogP contribution is -2.30. The van der Waals surface area contributed by atoms with Gasteiger partial charge < -0.3 is 34.2 Å². The van der Waals surface area contributed by atoms with Crippen LogP contribution in [0.5, 0.6) is 0 Å². The van der Waals surface area contributed by atoms with Crippen LogP contribution in [-0.4, -0.2) is 95.9 Å². The number of unbranched alkanes of at least 4 members (excludes halogenated alkanes) is 36. The monoisotopic (exact) mass is 1680 g/mol. The summed E-state index contributed by atoms with van der Waals surface area (Å²) in [5, 5.41) is 20.7. The number of aliphatic hydroxyl groups excluding tert-OH is 2. The zero-order chi connectivity index (χ0) is 85.1. The van der Waals surface area contributed by atoms with Crippen molar-refractivity contribution >= 4 is 33.6 Å². The van der Waals surface area contributed by atoms with Gasteiger partial charge in [0.15, 0.2) is 6.10 Å². The second-order valence-corrected chi connectivity index (χ2v) is 33.6. The number of hydrogen-bond donors (Lipinski definition) is 4. The second-order valence-electron chi connectivity index (χ2n) is 30.7. The Hall–Kier alpha value is -5.09. The van der Waals surface area contributed by atoms with Gasteiger partial charge in [0.1, 0.15) is 25.4 Å². The minimum Gasteiger partial charge on any atom is -0.463 e. The predicted molar refractivity (Wildman–Crippen MR) is 491 cm³/mol. The molecular weight excluding hydrogens is 1510 g/mol. The first-order valence-electron chi connectivity index (χ1n) is 46.4. The molecular formula is C99H168O16P2. The molecule has 0 saturated carbocycles. The predicted octanol–water partition coefficient (Wildman–Crippen LogP) is 28.7. The van der Waals surface area contributed by atoms with Gasteiger partial charge in [0.25, 0.3) is 0 Å². The molecule has 0 spiro atoms. The van der Waals surface area contributed by atoms with E-state index in [2.05, 4.69) is 191 Å². The summed E-state index contributed by atoms with van der Waals surface area (Å²) in [6, 6.07) is 0. The summed E-state index contributed by atoms with van der Waals surface area (Å²) in [5.41, 5.74) is 0.